The normalized spacial score (nSPS) is 24.1. The molecule has 0 spiro atoms. The monoisotopic (exact) mass is 224 g/mol. The van der Waals surface area contributed by atoms with E-state index in [9.17, 15) is 9.50 Å². The van der Waals surface area contributed by atoms with Crippen molar-refractivity contribution < 1.29 is 14.2 Å². The molecular formula is C13H17FO2. The van der Waals surface area contributed by atoms with E-state index in [0.29, 0.717) is 23.7 Å². The number of aliphatic hydroxyl groups is 1. The third-order valence-electron chi connectivity index (χ3n) is 2.84. The Morgan fingerprint density at radius 3 is 2.94 bits per heavy atom. The van der Waals surface area contributed by atoms with Crippen LogP contribution >= 0.6 is 0 Å². The Morgan fingerprint density at radius 2 is 2.25 bits per heavy atom. The van der Waals surface area contributed by atoms with Crippen molar-refractivity contribution in [2.45, 2.75) is 38.9 Å². The predicted octanol–water partition coefficient (Wildman–Crippen LogP) is 3.06. The van der Waals surface area contributed by atoms with Gasteiger partial charge in [-0.25, -0.2) is 4.39 Å². The van der Waals surface area contributed by atoms with Crippen LogP contribution in [0.2, 0.25) is 0 Å². The molecule has 0 radical (unpaired) electrons. The molecule has 16 heavy (non-hydrogen) atoms. The van der Waals surface area contributed by atoms with Gasteiger partial charge in [0, 0.05) is 12.0 Å². The van der Waals surface area contributed by atoms with Crippen LogP contribution in [0.4, 0.5) is 4.39 Å². The average Bonchev–Trinajstić information content (AvgIpc) is 2.18. The van der Waals surface area contributed by atoms with E-state index in [1.807, 2.05) is 0 Å². The highest BCUT2D eigenvalue weighted by molar-refractivity contribution is 5.37. The van der Waals surface area contributed by atoms with Crippen LogP contribution in [0.15, 0.2) is 18.2 Å². The molecule has 0 bridgehead atoms. The highest BCUT2D eigenvalue weighted by Crippen LogP contribution is 2.36. The van der Waals surface area contributed by atoms with Crippen LogP contribution in [0.25, 0.3) is 0 Å². The Balaban J connectivity index is 2.20. The summed E-state index contributed by atoms with van der Waals surface area (Å²) in [5, 5.41) is 9.92. The number of benzene rings is 1. The topological polar surface area (TPSA) is 29.5 Å². The molecular weight excluding hydrogens is 207 g/mol. The molecule has 1 aliphatic rings. The van der Waals surface area contributed by atoms with Crippen molar-refractivity contribution >= 4 is 0 Å². The van der Waals surface area contributed by atoms with Crippen LogP contribution in [-0.2, 0) is 0 Å². The van der Waals surface area contributed by atoms with Crippen molar-refractivity contribution in [3.63, 3.8) is 0 Å². The van der Waals surface area contributed by atoms with Crippen molar-refractivity contribution in [1.29, 1.82) is 0 Å². The lowest BCUT2D eigenvalue weighted by Crippen LogP contribution is -2.27. The fourth-order valence-electron chi connectivity index (χ4n) is 2.16. The molecule has 0 saturated carbocycles. The lowest BCUT2D eigenvalue weighted by molar-refractivity contribution is 0.0553. The van der Waals surface area contributed by atoms with E-state index >= 15 is 0 Å². The highest BCUT2D eigenvalue weighted by Gasteiger charge is 2.27. The van der Waals surface area contributed by atoms with Gasteiger partial charge in [0.05, 0.1) is 6.10 Å². The standard InChI is InChI=1S/C13H17FO2/c1-8(2)5-10-7-12(15)11-6-9(14)3-4-13(11)16-10/h3-4,6,8,10,12,15H,5,7H2,1-2H3. The third kappa shape index (κ3) is 2.35. The molecule has 2 rings (SSSR count). The smallest absolute Gasteiger partial charge is 0.125 e. The minimum Gasteiger partial charge on any atom is -0.490 e. The van der Waals surface area contributed by atoms with Gasteiger partial charge in [-0.3, -0.25) is 0 Å². The summed E-state index contributed by atoms with van der Waals surface area (Å²) >= 11 is 0. The maximum atomic E-state index is 13.0. The molecule has 0 amide bonds. The Labute approximate surface area is 95.1 Å². The summed E-state index contributed by atoms with van der Waals surface area (Å²) in [5.41, 5.74) is 0.569. The van der Waals surface area contributed by atoms with Gasteiger partial charge in [-0.1, -0.05) is 13.8 Å². The predicted molar refractivity (Wildman–Crippen MR) is 59.8 cm³/mol. The van der Waals surface area contributed by atoms with Gasteiger partial charge in [0.2, 0.25) is 0 Å². The van der Waals surface area contributed by atoms with E-state index < -0.39 is 6.10 Å². The molecule has 2 atom stereocenters. The zero-order valence-electron chi connectivity index (χ0n) is 9.61. The summed E-state index contributed by atoms with van der Waals surface area (Å²) < 4.78 is 18.8. The number of hydrogen-bond acceptors (Lipinski definition) is 2. The Hall–Kier alpha value is -1.09. The van der Waals surface area contributed by atoms with Gasteiger partial charge in [-0.05, 0) is 30.5 Å². The van der Waals surface area contributed by atoms with Gasteiger partial charge in [0.1, 0.15) is 17.7 Å². The summed E-state index contributed by atoms with van der Waals surface area (Å²) in [6.45, 7) is 4.24. The lowest BCUT2D eigenvalue weighted by Gasteiger charge is -2.30. The van der Waals surface area contributed by atoms with Gasteiger partial charge in [-0.15, -0.1) is 0 Å². The van der Waals surface area contributed by atoms with E-state index in [1.54, 1.807) is 6.07 Å². The van der Waals surface area contributed by atoms with Crippen LogP contribution in [0.3, 0.4) is 0 Å². The minimum atomic E-state index is -0.608. The van der Waals surface area contributed by atoms with Crippen LogP contribution < -0.4 is 4.74 Å². The van der Waals surface area contributed by atoms with E-state index in [1.165, 1.54) is 12.1 Å². The molecule has 1 aliphatic heterocycles. The van der Waals surface area contributed by atoms with Crippen molar-refractivity contribution in [1.82, 2.24) is 0 Å². The first-order chi connectivity index (χ1) is 7.56. The molecule has 1 heterocycles. The fourth-order valence-corrected chi connectivity index (χ4v) is 2.16. The zero-order chi connectivity index (χ0) is 11.7. The van der Waals surface area contributed by atoms with Crippen molar-refractivity contribution in [3.8, 4) is 5.75 Å². The second-order valence-electron chi connectivity index (χ2n) is 4.80. The first-order valence-corrected chi connectivity index (χ1v) is 5.70. The summed E-state index contributed by atoms with van der Waals surface area (Å²) in [4.78, 5) is 0. The van der Waals surface area contributed by atoms with Crippen molar-refractivity contribution in [2.24, 2.45) is 5.92 Å². The number of ether oxygens (including phenoxy) is 1. The molecule has 1 aromatic rings. The van der Waals surface area contributed by atoms with E-state index in [-0.39, 0.29) is 11.9 Å². The summed E-state index contributed by atoms with van der Waals surface area (Å²) in [5.74, 6) is 0.814. The SMILES string of the molecule is CC(C)CC1CC(O)c2cc(F)ccc2O1. The number of rotatable bonds is 2. The molecule has 1 N–H and O–H groups in total. The number of hydrogen-bond donors (Lipinski definition) is 1. The second kappa shape index (κ2) is 4.42. The third-order valence-corrected chi connectivity index (χ3v) is 2.84. The van der Waals surface area contributed by atoms with Gasteiger partial charge >= 0.3 is 0 Å². The van der Waals surface area contributed by atoms with Crippen LogP contribution in [0, 0.1) is 11.7 Å². The molecule has 0 fully saturated rings. The highest BCUT2D eigenvalue weighted by atomic mass is 19.1. The molecule has 2 unspecified atom stereocenters. The van der Waals surface area contributed by atoms with Gasteiger partial charge in [0.15, 0.2) is 0 Å². The van der Waals surface area contributed by atoms with Crippen molar-refractivity contribution in [2.75, 3.05) is 0 Å². The van der Waals surface area contributed by atoms with Gasteiger partial charge in [-0.2, -0.15) is 0 Å². The lowest BCUT2D eigenvalue weighted by atomic mass is 9.94. The molecule has 0 aliphatic carbocycles. The number of aliphatic hydroxyl groups excluding tert-OH is 1. The molecule has 0 aromatic heterocycles. The minimum absolute atomic E-state index is 0.0351. The van der Waals surface area contributed by atoms with E-state index in [2.05, 4.69) is 13.8 Å². The molecule has 2 nitrogen and oxygen atoms in total. The molecule has 1 aromatic carbocycles. The number of fused-ring (bicyclic) bond motifs is 1. The van der Waals surface area contributed by atoms with Crippen LogP contribution in [-0.4, -0.2) is 11.2 Å². The largest absolute Gasteiger partial charge is 0.490 e. The fraction of sp³-hybridized carbons (Fsp3) is 0.538. The molecule has 88 valence electrons. The Bertz CT molecular complexity index is 376. The first-order valence-electron chi connectivity index (χ1n) is 5.70. The van der Waals surface area contributed by atoms with E-state index in [4.69, 9.17) is 4.74 Å². The van der Waals surface area contributed by atoms with Crippen molar-refractivity contribution in [3.05, 3.63) is 29.6 Å². The van der Waals surface area contributed by atoms with Gasteiger partial charge in [0.25, 0.3) is 0 Å². The zero-order valence-corrected chi connectivity index (χ0v) is 9.61. The van der Waals surface area contributed by atoms with Gasteiger partial charge < -0.3 is 9.84 Å². The number of halogens is 1. The maximum absolute atomic E-state index is 13.0. The summed E-state index contributed by atoms with van der Waals surface area (Å²) in [7, 11) is 0. The molecule has 3 heteroatoms. The van der Waals surface area contributed by atoms with E-state index in [0.717, 1.165) is 6.42 Å². The Kier molecular flexibility index (Phi) is 3.15. The van der Waals surface area contributed by atoms with Crippen LogP contribution in [0.1, 0.15) is 38.4 Å². The molecule has 0 saturated heterocycles. The van der Waals surface area contributed by atoms with Crippen LogP contribution in [0.5, 0.6) is 5.75 Å². The second-order valence-corrected chi connectivity index (χ2v) is 4.80. The summed E-state index contributed by atoms with van der Waals surface area (Å²) in [6, 6.07) is 4.31. The average molecular weight is 224 g/mol. The first kappa shape index (κ1) is 11.4. The maximum Gasteiger partial charge on any atom is 0.125 e. The quantitative estimate of drug-likeness (QED) is 0.836. The summed E-state index contributed by atoms with van der Waals surface area (Å²) in [6.07, 6.45) is 0.888. The Morgan fingerprint density at radius 1 is 1.50 bits per heavy atom.